The Morgan fingerprint density at radius 1 is 1.00 bits per heavy atom. The molecule has 0 spiro atoms. The molecule has 31 heavy (non-hydrogen) atoms. The van der Waals surface area contributed by atoms with Gasteiger partial charge in [-0.25, -0.2) is 0 Å². The van der Waals surface area contributed by atoms with Crippen molar-refractivity contribution in [3.8, 4) is 11.5 Å². The van der Waals surface area contributed by atoms with Crippen molar-refractivity contribution in [2.24, 2.45) is 0 Å². The van der Waals surface area contributed by atoms with Crippen LogP contribution in [-0.2, 0) is 11.3 Å². The molecule has 2 aromatic carbocycles. The largest absolute Gasteiger partial charge is 0.493 e. The predicted molar refractivity (Wildman–Crippen MR) is 132 cm³/mol. The minimum absolute atomic E-state index is 0. The molecule has 0 heterocycles. The average molecular weight is 472 g/mol. The summed E-state index contributed by atoms with van der Waals surface area (Å²) in [5, 5.41) is 6.27. The summed E-state index contributed by atoms with van der Waals surface area (Å²) in [6.45, 7) is 11.1. The molecule has 0 atom stereocenters. The van der Waals surface area contributed by atoms with Crippen molar-refractivity contribution >= 4 is 36.4 Å². The topological polar surface area (TPSA) is 62.8 Å². The van der Waals surface area contributed by atoms with Crippen molar-refractivity contribution in [3.63, 3.8) is 0 Å². The summed E-state index contributed by atoms with van der Waals surface area (Å²) in [6, 6.07) is 13.4. The molecular formula is C23H35Cl2N3O3. The highest BCUT2D eigenvalue weighted by molar-refractivity contribution is 5.91. The number of methoxy groups -OCH3 is 1. The van der Waals surface area contributed by atoms with Crippen LogP contribution in [0.1, 0.15) is 25.0 Å². The molecular weight excluding hydrogens is 437 g/mol. The van der Waals surface area contributed by atoms with Crippen LogP contribution >= 0.6 is 24.8 Å². The summed E-state index contributed by atoms with van der Waals surface area (Å²) in [7, 11) is 1.60. The third-order valence-electron chi connectivity index (χ3n) is 4.75. The van der Waals surface area contributed by atoms with Crippen LogP contribution in [0.25, 0.3) is 0 Å². The standard InChI is InChI=1S/C23H33N3O3.2ClH/c1-5-26(6-2)14-13-24-16-19-9-12-21(22(15-19)28-4)29-17-23(27)25-20-10-7-18(3)8-11-20;;/h7-12,15,24H,5-6,13-14,16-17H2,1-4H3,(H,25,27);2*1H. The molecule has 0 saturated heterocycles. The van der Waals surface area contributed by atoms with Gasteiger partial charge < -0.3 is 25.0 Å². The number of halogens is 2. The molecule has 0 radical (unpaired) electrons. The number of nitrogens with zero attached hydrogens (tertiary/aromatic N) is 1. The molecule has 8 heteroatoms. The van der Waals surface area contributed by atoms with Crippen molar-refractivity contribution < 1.29 is 14.3 Å². The Labute approximate surface area is 198 Å². The molecule has 0 aliphatic rings. The van der Waals surface area contributed by atoms with Gasteiger partial charge in [-0.3, -0.25) is 4.79 Å². The van der Waals surface area contributed by atoms with E-state index in [0.717, 1.165) is 49.5 Å². The van der Waals surface area contributed by atoms with Crippen molar-refractivity contribution in [2.75, 3.05) is 45.2 Å². The number of nitrogens with one attached hydrogen (secondary N) is 2. The van der Waals surface area contributed by atoms with E-state index in [4.69, 9.17) is 9.47 Å². The summed E-state index contributed by atoms with van der Waals surface area (Å²) in [5.74, 6) is 0.965. The first-order valence-corrected chi connectivity index (χ1v) is 10.1. The van der Waals surface area contributed by atoms with E-state index in [1.165, 1.54) is 0 Å². The number of anilines is 1. The Hall–Kier alpha value is -1.99. The van der Waals surface area contributed by atoms with Crippen molar-refractivity contribution in [2.45, 2.75) is 27.3 Å². The molecule has 2 aromatic rings. The highest BCUT2D eigenvalue weighted by Crippen LogP contribution is 2.28. The van der Waals surface area contributed by atoms with Gasteiger partial charge in [-0.15, -0.1) is 24.8 Å². The van der Waals surface area contributed by atoms with Crippen LogP contribution < -0.4 is 20.1 Å². The lowest BCUT2D eigenvalue weighted by molar-refractivity contribution is -0.118. The highest BCUT2D eigenvalue weighted by Gasteiger charge is 2.09. The van der Waals surface area contributed by atoms with Gasteiger partial charge in [0.2, 0.25) is 0 Å². The fourth-order valence-electron chi connectivity index (χ4n) is 2.93. The van der Waals surface area contributed by atoms with Crippen molar-refractivity contribution in [3.05, 3.63) is 53.6 Å². The van der Waals surface area contributed by atoms with Gasteiger partial charge in [0.1, 0.15) is 0 Å². The van der Waals surface area contributed by atoms with E-state index in [2.05, 4.69) is 29.4 Å². The maximum absolute atomic E-state index is 12.1. The van der Waals surface area contributed by atoms with E-state index in [1.807, 2.05) is 49.4 Å². The molecule has 1 amide bonds. The first kappa shape index (κ1) is 29.0. The molecule has 0 bridgehead atoms. The lowest BCUT2D eigenvalue weighted by atomic mass is 10.2. The molecule has 0 aliphatic heterocycles. The minimum Gasteiger partial charge on any atom is -0.493 e. The predicted octanol–water partition coefficient (Wildman–Crippen LogP) is 4.30. The molecule has 0 saturated carbocycles. The zero-order valence-electron chi connectivity index (χ0n) is 18.8. The Bertz CT molecular complexity index is 769. The summed E-state index contributed by atoms with van der Waals surface area (Å²) < 4.78 is 11.1. The van der Waals surface area contributed by atoms with Crippen LogP contribution in [-0.4, -0.2) is 50.7 Å². The second kappa shape index (κ2) is 15.8. The van der Waals surface area contributed by atoms with Gasteiger partial charge in [-0.05, 0) is 49.8 Å². The van der Waals surface area contributed by atoms with E-state index >= 15 is 0 Å². The van der Waals surface area contributed by atoms with E-state index in [9.17, 15) is 4.79 Å². The molecule has 2 N–H and O–H groups in total. The van der Waals surface area contributed by atoms with Gasteiger partial charge >= 0.3 is 0 Å². The Balaban J connectivity index is 0.00000450. The number of likely N-dealkylation sites (N-methyl/N-ethyl adjacent to an activating group) is 1. The highest BCUT2D eigenvalue weighted by atomic mass is 35.5. The molecule has 0 aromatic heterocycles. The van der Waals surface area contributed by atoms with Gasteiger partial charge in [-0.2, -0.15) is 0 Å². The first-order valence-electron chi connectivity index (χ1n) is 10.1. The number of carbonyl (C=O) groups is 1. The summed E-state index contributed by atoms with van der Waals surface area (Å²) >= 11 is 0. The smallest absolute Gasteiger partial charge is 0.262 e. The van der Waals surface area contributed by atoms with Gasteiger partial charge in [0, 0.05) is 25.3 Å². The quantitative estimate of drug-likeness (QED) is 0.451. The third-order valence-corrected chi connectivity index (χ3v) is 4.75. The number of carbonyl (C=O) groups excluding carboxylic acids is 1. The molecule has 6 nitrogen and oxygen atoms in total. The van der Waals surface area contributed by atoms with Gasteiger partial charge in [0.05, 0.1) is 7.11 Å². The lowest BCUT2D eigenvalue weighted by Gasteiger charge is -2.18. The number of ether oxygens (including phenoxy) is 2. The zero-order chi connectivity index (χ0) is 21.1. The van der Waals surface area contributed by atoms with Crippen LogP contribution in [0.3, 0.4) is 0 Å². The SMILES string of the molecule is CCN(CC)CCNCc1ccc(OCC(=O)Nc2ccc(C)cc2)c(OC)c1.Cl.Cl. The fraction of sp³-hybridized carbons (Fsp3) is 0.435. The molecule has 174 valence electrons. The monoisotopic (exact) mass is 471 g/mol. The second-order valence-corrected chi connectivity index (χ2v) is 6.89. The van der Waals surface area contributed by atoms with Gasteiger partial charge in [0.15, 0.2) is 18.1 Å². The summed E-state index contributed by atoms with van der Waals surface area (Å²) in [4.78, 5) is 14.5. The van der Waals surface area contributed by atoms with Crippen LogP contribution in [0.15, 0.2) is 42.5 Å². The average Bonchev–Trinajstić information content (AvgIpc) is 2.74. The fourth-order valence-corrected chi connectivity index (χ4v) is 2.93. The lowest BCUT2D eigenvalue weighted by Crippen LogP contribution is -2.31. The van der Waals surface area contributed by atoms with Crippen molar-refractivity contribution in [1.29, 1.82) is 0 Å². The van der Waals surface area contributed by atoms with E-state index in [1.54, 1.807) is 7.11 Å². The number of rotatable bonds is 12. The van der Waals surface area contributed by atoms with E-state index in [0.29, 0.717) is 11.5 Å². The second-order valence-electron chi connectivity index (χ2n) is 6.89. The Morgan fingerprint density at radius 2 is 1.68 bits per heavy atom. The number of hydrogen-bond donors (Lipinski definition) is 2. The number of amides is 1. The maximum Gasteiger partial charge on any atom is 0.262 e. The Kier molecular flexibility index (Phi) is 14.7. The van der Waals surface area contributed by atoms with Gasteiger partial charge in [-0.1, -0.05) is 37.6 Å². The van der Waals surface area contributed by atoms with Crippen LogP contribution in [0.5, 0.6) is 11.5 Å². The number of aryl methyl sites for hydroxylation is 1. The minimum atomic E-state index is -0.210. The van der Waals surface area contributed by atoms with Crippen molar-refractivity contribution in [1.82, 2.24) is 10.2 Å². The normalized spacial score (nSPS) is 10.1. The summed E-state index contributed by atoms with van der Waals surface area (Å²) in [5.41, 5.74) is 3.01. The van der Waals surface area contributed by atoms with Crippen LogP contribution in [0.2, 0.25) is 0 Å². The zero-order valence-corrected chi connectivity index (χ0v) is 20.4. The molecule has 0 aliphatic carbocycles. The van der Waals surface area contributed by atoms with E-state index in [-0.39, 0.29) is 37.3 Å². The molecule has 2 rings (SSSR count). The number of hydrogen-bond acceptors (Lipinski definition) is 5. The third kappa shape index (κ3) is 10.2. The molecule has 0 fully saturated rings. The van der Waals surface area contributed by atoms with Crippen LogP contribution in [0.4, 0.5) is 5.69 Å². The first-order chi connectivity index (χ1) is 14.0. The van der Waals surface area contributed by atoms with E-state index < -0.39 is 0 Å². The molecule has 0 unspecified atom stereocenters. The van der Waals surface area contributed by atoms with Crippen LogP contribution in [0, 0.1) is 6.92 Å². The Morgan fingerprint density at radius 3 is 2.29 bits per heavy atom. The number of benzene rings is 2. The van der Waals surface area contributed by atoms with Gasteiger partial charge in [0.25, 0.3) is 5.91 Å². The summed E-state index contributed by atoms with van der Waals surface area (Å²) in [6.07, 6.45) is 0. The maximum atomic E-state index is 12.1.